The third-order valence-electron chi connectivity index (χ3n) is 3.51. The maximum Gasteiger partial charge on any atom is 0.307 e. The van der Waals surface area contributed by atoms with E-state index in [1.54, 1.807) is 4.57 Å². The van der Waals surface area contributed by atoms with Crippen LogP contribution in [0.1, 0.15) is 21.7 Å². The number of rotatable bonds is 2. The van der Waals surface area contributed by atoms with E-state index in [-0.39, 0.29) is 11.7 Å². The van der Waals surface area contributed by atoms with Gasteiger partial charge in [0.25, 0.3) is 0 Å². The number of nitrogens with zero attached hydrogens (tertiary/aromatic N) is 1. The molecular formula is C14H16N2O3S. The minimum atomic E-state index is 0.0447. The molecule has 2 N–H and O–H groups in total. The van der Waals surface area contributed by atoms with E-state index < -0.39 is 0 Å². The molecule has 20 heavy (non-hydrogen) atoms. The molecule has 1 aliphatic rings. The van der Waals surface area contributed by atoms with Gasteiger partial charge in [0.1, 0.15) is 5.75 Å². The Morgan fingerprint density at radius 1 is 1.40 bits per heavy atom. The topological polar surface area (TPSA) is 66.5 Å². The largest absolute Gasteiger partial charge is 0.467 e. The van der Waals surface area contributed by atoms with Gasteiger partial charge in [0.15, 0.2) is 6.79 Å². The number of hydrogen-bond donors (Lipinski definition) is 1. The highest BCUT2D eigenvalue weighted by atomic mass is 32.1. The lowest BCUT2D eigenvalue weighted by Crippen LogP contribution is -2.19. The molecule has 0 aliphatic carbocycles. The van der Waals surface area contributed by atoms with Crippen LogP contribution in [0.15, 0.2) is 16.9 Å². The number of hydrogen-bond acceptors (Lipinski definition) is 5. The number of fused-ring (bicyclic) bond motifs is 1. The van der Waals surface area contributed by atoms with Crippen molar-refractivity contribution in [3.63, 3.8) is 0 Å². The van der Waals surface area contributed by atoms with Gasteiger partial charge in [0.05, 0.1) is 13.2 Å². The van der Waals surface area contributed by atoms with E-state index in [0.29, 0.717) is 18.8 Å². The highest BCUT2D eigenvalue weighted by Crippen LogP contribution is 2.31. The fourth-order valence-electron chi connectivity index (χ4n) is 2.38. The van der Waals surface area contributed by atoms with Crippen LogP contribution in [0.3, 0.4) is 0 Å². The van der Waals surface area contributed by atoms with Gasteiger partial charge in [-0.1, -0.05) is 11.3 Å². The predicted octanol–water partition coefficient (Wildman–Crippen LogP) is 2.02. The summed E-state index contributed by atoms with van der Waals surface area (Å²) in [5.74, 6) is 0.792. The first-order valence-electron chi connectivity index (χ1n) is 6.35. The zero-order valence-corrected chi connectivity index (χ0v) is 12.3. The van der Waals surface area contributed by atoms with Gasteiger partial charge in [-0.05, 0) is 26.0 Å². The van der Waals surface area contributed by atoms with Crippen molar-refractivity contribution in [1.29, 1.82) is 0 Å². The van der Waals surface area contributed by atoms with Crippen molar-refractivity contribution in [2.24, 2.45) is 0 Å². The van der Waals surface area contributed by atoms with Crippen LogP contribution in [0.5, 0.6) is 5.75 Å². The molecular weight excluding hydrogens is 276 g/mol. The van der Waals surface area contributed by atoms with Crippen molar-refractivity contribution in [1.82, 2.24) is 4.57 Å². The summed E-state index contributed by atoms with van der Waals surface area (Å²) in [6, 6.07) is 3.72. The second-order valence-electron chi connectivity index (χ2n) is 4.87. The highest BCUT2D eigenvalue weighted by Gasteiger charge is 2.18. The van der Waals surface area contributed by atoms with Gasteiger partial charge in [-0.3, -0.25) is 9.36 Å². The normalized spacial score (nSPS) is 13.9. The number of nitrogen functional groups attached to an aromatic ring is 1. The molecule has 0 fully saturated rings. The van der Waals surface area contributed by atoms with Gasteiger partial charge in [0, 0.05) is 27.4 Å². The van der Waals surface area contributed by atoms with Crippen LogP contribution in [0.4, 0.5) is 5.69 Å². The maximum absolute atomic E-state index is 12.0. The van der Waals surface area contributed by atoms with Crippen molar-refractivity contribution in [2.45, 2.75) is 27.0 Å². The third kappa shape index (κ3) is 2.21. The summed E-state index contributed by atoms with van der Waals surface area (Å²) >= 11 is 1.27. The Balaban J connectivity index is 2.06. The van der Waals surface area contributed by atoms with Crippen LogP contribution in [-0.4, -0.2) is 11.4 Å². The first-order chi connectivity index (χ1) is 9.56. The smallest absolute Gasteiger partial charge is 0.307 e. The third-order valence-corrected chi connectivity index (χ3v) is 4.51. The van der Waals surface area contributed by atoms with E-state index in [1.165, 1.54) is 11.3 Å². The molecule has 1 aromatic heterocycles. The maximum atomic E-state index is 12.0. The minimum Gasteiger partial charge on any atom is -0.467 e. The molecule has 0 atom stereocenters. The second kappa shape index (κ2) is 4.96. The van der Waals surface area contributed by atoms with E-state index in [1.807, 2.05) is 26.0 Å². The van der Waals surface area contributed by atoms with E-state index >= 15 is 0 Å². The Labute approximate surface area is 120 Å². The fourth-order valence-corrected chi connectivity index (χ4v) is 3.22. The van der Waals surface area contributed by atoms with E-state index in [0.717, 1.165) is 27.4 Å². The van der Waals surface area contributed by atoms with Crippen LogP contribution >= 0.6 is 11.3 Å². The summed E-state index contributed by atoms with van der Waals surface area (Å²) in [7, 11) is 0. The average molecular weight is 292 g/mol. The number of benzene rings is 1. The van der Waals surface area contributed by atoms with Gasteiger partial charge in [-0.15, -0.1) is 0 Å². The predicted molar refractivity (Wildman–Crippen MR) is 78.3 cm³/mol. The van der Waals surface area contributed by atoms with Crippen LogP contribution in [0, 0.1) is 13.8 Å². The molecule has 6 heteroatoms. The van der Waals surface area contributed by atoms with Gasteiger partial charge in [0.2, 0.25) is 0 Å². The van der Waals surface area contributed by atoms with Gasteiger partial charge >= 0.3 is 4.87 Å². The number of anilines is 1. The van der Waals surface area contributed by atoms with Crippen molar-refractivity contribution < 1.29 is 9.47 Å². The lowest BCUT2D eigenvalue weighted by molar-refractivity contribution is -0.0170. The molecule has 0 saturated carbocycles. The van der Waals surface area contributed by atoms with Gasteiger partial charge in [-0.2, -0.15) is 0 Å². The molecule has 0 bridgehead atoms. The zero-order chi connectivity index (χ0) is 14.3. The quantitative estimate of drug-likeness (QED) is 0.860. The molecule has 106 valence electrons. The lowest BCUT2D eigenvalue weighted by atomic mass is 10.1. The highest BCUT2D eigenvalue weighted by molar-refractivity contribution is 7.09. The summed E-state index contributed by atoms with van der Waals surface area (Å²) in [6.07, 6.45) is 0. The van der Waals surface area contributed by atoms with E-state index in [2.05, 4.69) is 0 Å². The number of aryl methyl sites for hydroxylation is 1. The molecule has 2 aromatic rings. The molecule has 2 heterocycles. The Kier molecular flexibility index (Phi) is 3.27. The SMILES string of the molecule is Cc1sc(=O)n(Cc2cc(N)cc3c2OCOC3)c1C. The molecule has 1 aliphatic heterocycles. The molecule has 0 saturated heterocycles. The van der Waals surface area contributed by atoms with Gasteiger partial charge < -0.3 is 15.2 Å². The fraction of sp³-hybridized carbons (Fsp3) is 0.357. The summed E-state index contributed by atoms with van der Waals surface area (Å²) in [5, 5.41) is 0. The molecule has 0 radical (unpaired) electrons. The van der Waals surface area contributed by atoms with Crippen molar-refractivity contribution >= 4 is 17.0 Å². The van der Waals surface area contributed by atoms with Crippen LogP contribution in [-0.2, 0) is 17.9 Å². The Morgan fingerprint density at radius 3 is 2.90 bits per heavy atom. The summed E-state index contributed by atoms with van der Waals surface area (Å²) in [6.45, 7) is 5.11. The first kappa shape index (κ1) is 13.2. The van der Waals surface area contributed by atoms with Crippen LogP contribution in [0.2, 0.25) is 0 Å². The number of ether oxygens (including phenoxy) is 2. The Hall–Kier alpha value is -1.79. The average Bonchev–Trinajstić information content (AvgIpc) is 2.65. The van der Waals surface area contributed by atoms with Crippen molar-refractivity contribution in [3.8, 4) is 5.75 Å². The molecule has 5 nitrogen and oxygen atoms in total. The summed E-state index contributed by atoms with van der Waals surface area (Å²) < 4.78 is 12.6. The molecule has 0 unspecified atom stereocenters. The number of thiazole rings is 1. The summed E-state index contributed by atoms with van der Waals surface area (Å²) in [5.41, 5.74) is 9.43. The van der Waals surface area contributed by atoms with Crippen LogP contribution in [0.25, 0.3) is 0 Å². The molecule has 0 amide bonds. The van der Waals surface area contributed by atoms with E-state index in [4.69, 9.17) is 15.2 Å². The zero-order valence-electron chi connectivity index (χ0n) is 11.4. The first-order valence-corrected chi connectivity index (χ1v) is 7.16. The molecule has 1 aromatic carbocycles. The molecule has 0 spiro atoms. The number of nitrogens with two attached hydrogens (primary N) is 1. The Bertz CT molecular complexity index is 718. The molecule has 3 rings (SSSR count). The standard InChI is InChI=1S/C14H16N2O3S/c1-8-9(2)20-14(17)16(8)5-10-3-12(15)4-11-6-18-7-19-13(10)11/h3-4H,5-7,15H2,1-2H3. The lowest BCUT2D eigenvalue weighted by Gasteiger charge is -2.21. The second-order valence-corrected chi connectivity index (χ2v) is 6.04. The minimum absolute atomic E-state index is 0.0447. The van der Waals surface area contributed by atoms with Crippen molar-refractivity contribution in [3.05, 3.63) is 43.5 Å². The van der Waals surface area contributed by atoms with E-state index in [9.17, 15) is 4.79 Å². The summed E-state index contributed by atoms with van der Waals surface area (Å²) in [4.78, 5) is 13.1. The van der Waals surface area contributed by atoms with Gasteiger partial charge in [-0.25, -0.2) is 0 Å². The Morgan fingerprint density at radius 2 is 2.20 bits per heavy atom. The van der Waals surface area contributed by atoms with Crippen LogP contribution < -0.4 is 15.3 Å². The van der Waals surface area contributed by atoms with Crippen molar-refractivity contribution in [2.75, 3.05) is 12.5 Å². The monoisotopic (exact) mass is 292 g/mol. The number of aromatic nitrogens is 1.